The molecule has 1 aromatic heterocycles. The molecule has 1 heterocycles. The third-order valence-electron chi connectivity index (χ3n) is 3.76. The summed E-state index contributed by atoms with van der Waals surface area (Å²) in [5.41, 5.74) is 4.42. The number of hydrogen-bond acceptors (Lipinski definition) is 3. The normalized spacial score (nSPS) is 10.3. The third-order valence-corrected chi connectivity index (χ3v) is 4.25. The molecule has 0 unspecified atom stereocenters. The van der Waals surface area contributed by atoms with Crippen molar-refractivity contribution in [2.24, 2.45) is 0 Å². The van der Waals surface area contributed by atoms with Gasteiger partial charge in [0.15, 0.2) is 0 Å². The highest BCUT2D eigenvalue weighted by atomic mass is 79.9. The van der Waals surface area contributed by atoms with Gasteiger partial charge < -0.3 is 10.6 Å². The number of aromatic nitrogens is 1. The van der Waals surface area contributed by atoms with Gasteiger partial charge in [0.25, 0.3) is 5.91 Å². The highest BCUT2D eigenvalue weighted by Crippen LogP contribution is 2.23. The molecule has 2 aromatic carbocycles. The van der Waals surface area contributed by atoms with Gasteiger partial charge in [-0.3, -0.25) is 4.79 Å². The summed E-state index contributed by atoms with van der Waals surface area (Å²) >= 11 is 3.45. The number of rotatable bonds is 5. The van der Waals surface area contributed by atoms with Crippen molar-refractivity contribution in [1.29, 1.82) is 0 Å². The second-order valence-electron chi connectivity index (χ2n) is 5.68. The lowest BCUT2D eigenvalue weighted by atomic mass is 10.2. The number of pyridine rings is 1. The minimum atomic E-state index is -0.185. The van der Waals surface area contributed by atoms with Gasteiger partial charge in [-0.2, -0.15) is 0 Å². The van der Waals surface area contributed by atoms with Gasteiger partial charge >= 0.3 is 0 Å². The predicted molar refractivity (Wildman–Crippen MR) is 104 cm³/mol. The highest BCUT2D eigenvalue weighted by Gasteiger charge is 2.07. The van der Waals surface area contributed by atoms with Gasteiger partial charge in [0.2, 0.25) is 0 Å². The van der Waals surface area contributed by atoms with Gasteiger partial charge in [0, 0.05) is 16.7 Å². The van der Waals surface area contributed by atoms with E-state index in [0.717, 1.165) is 27.0 Å². The summed E-state index contributed by atoms with van der Waals surface area (Å²) in [4.78, 5) is 16.4. The number of amides is 1. The average molecular weight is 396 g/mol. The quantitative estimate of drug-likeness (QED) is 0.650. The van der Waals surface area contributed by atoms with Crippen LogP contribution in [0.3, 0.4) is 0 Å². The van der Waals surface area contributed by atoms with E-state index in [4.69, 9.17) is 0 Å². The summed E-state index contributed by atoms with van der Waals surface area (Å²) in [5, 5.41) is 6.18. The molecule has 0 radical (unpaired) electrons. The minimum Gasteiger partial charge on any atom is -0.354 e. The Morgan fingerprint density at radius 2 is 1.88 bits per heavy atom. The monoisotopic (exact) mass is 395 g/mol. The Labute approximate surface area is 155 Å². The zero-order chi connectivity index (χ0) is 17.6. The standard InChI is InChI=1S/C20H18BrN3O/c1-14-11-16(21)7-9-18(14)24-17-8-10-19(22-13-17)20(25)23-12-15-5-3-2-4-6-15/h2-11,13,24H,12H2,1H3,(H,23,25). The maximum Gasteiger partial charge on any atom is 0.270 e. The molecule has 2 N–H and O–H groups in total. The summed E-state index contributed by atoms with van der Waals surface area (Å²) in [6.07, 6.45) is 1.67. The zero-order valence-electron chi connectivity index (χ0n) is 13.8. The lowest BCUT2D eigenvalue weighted by Gasteiger charge is -2.10. The van der Waals surface area contributed by atoms with Gasteiger partial charge in [-0.1, -0.05) is 46.3 Å². The Bertz CT molecular complexity index is 864. The number of hydrogen-bond donors (Lipinski definition) is 2. The first-order chi connectivity index (χ1) is 12.1. The lowest BCUT2D eigenvalue weighted by molar-refractivity contribution is 0.0946. The number of carbonyl (C=O) groups is 1. The predicted octanol–water partition coefficient (Wildman–Crippen LogP) is 4.83. The first-order valence-electron chi connectivity index (χ1n) is 7.93. The number of anilines is 2. The van der Waals surface area contributed by atoms with Crippen LogP contribution in [0.2, 0.25) is 0 Å². The Balaban J connectivity index is 1.62. The maximum atomic E-state index is 12.2. The molecule has 0 aliphatic carbocycles. The third kappa shape index (κ3) is 4.67. The molecule has 0 aliphatic heterocycles. The van der Waals surface area contributed by atoms with Crippen molar-refractivity contribution in [3.63, 3.8) is 0 Å². The van der Waals surface area contributed by atoms with Crippen molar-refractivity contribution in [1.82, 2.24) is 10.3 Å². The molecule has 4 nitrogen and oxygen atoms in total. The number of nitrogens with one attached hydrogen (secondary N) is 2. The number of aryl methyl sites for hydroxylation is 1. The molecule has 126 valence electrons. The largest absolute Gasteiger partial charge is 0.354 e. The van der Waals surface area contributed by atoms with E-state index < -0.39 is 0 Å². The van der Waals surface area contributed by atoms with E-state index in [2.05, 4.69) is 31.5 Å². The molecule has 0 fully saturated rings. The van der Waals surface area contributed by atoms with Crippen LogP contribution in [0.1, 0.15) is 21.6 Å². The molecule has 0 spiro atoms. The number of carbonyl (C=O) groups excluding carboxylic acids is 1. The van der Waals surface area contributed by atoms with Crippen molar-refractivity contribution in [3.05, 3.63) is 88.2 Å². The van der Waals surface area contributed by atoms with Crippen molar-refractivity contribution in [2.75, 3.05) is 5.32 Å². The Kier molecular flexibility index (Phi) is 5.46. The number of halogens is 1. The van der Waals surface area contributed by atoms with E-state index in [1.54, 1.807) is 12.3 Å². The van der Waals surface area contributed by atoms with E-state index in [9.17, 15) is 4.79 Å². The van der Waals surface area contributed by atoms with E-state index in [1.165, 1.54) is 0 Å². The molecule has 0 atom stereocenters. The number of nitrogens with zero attached hydrogens (tertiary/aromatic N) is 1. The smallest absolute Gasteiger partial charge is 0.270 e. The van der Waals surface area contributed by atoms with Crippen LogP contribution >= 0.6 is 15.9 Å². The Morgan fingerprint density at radius 1 is 1.08 bits per heavy atom. The van der Waals surface area contributed by atoms with Crippen molar-refractivity contribution in [2.45, 2.75) is 13.5 Å². The molecule has 3 aromatic rings. The molecule has 0 aliphatic rings. The van der Waals surface area contributed by atoms with Gasteiger partial charge in [-0.05, 0) is 48.4 Å². The highest BCUT2D eigenvalue weighted by molar-refractivity contribution is 9.10. The van der Waals surface area contributed by atoms with Gasteiger partial charge in [-0.25, -0.2) is 4.98 Å². The van der Waals surface area contributed by atoms with Crippen LogP contribution in [-0.4, -0.2) is 10.9 Å². The summed E-state index contributed by atoms with van der Waals surface area (Å²) in [5.74, 6) is -0.185. The van der Waals surface area contributed by atoms with Crippen LogP contribution in [0.15, 0.2) is 71.3 Å². The van der Waals surface area contributed by atoms with E-state index in [-0.39, 0.29) is 5.91 Å². The molecule has 25 heavy (non-hydrogen) atoms. The summed E-state index contributed by atoms with van der Waals surface area (Å²) < 4.78 is 1.04. The van der Waals surface area contributed by atoms with Crippen molar-refractivity contribution in [3.8, 4) is 0 Å². The van der Waals surface area contributed by atoms with E-state index in [1.807, 2.05) is 61.5 Å². The first kappa shape index (κ1) is 17.2. The molecular weight excluding hydrogens is 378 g/mol. The van der Waals surface area contributed by atoms with Crippen LogP contribution in [0.4, 0.5) is 11.4 Å². The molecule has 0 bridgehead atoms. The SMILES string of the molecule is Cc1cc(Br)ccc1Nc1ccc(C(=O)NCc2ccccc2)nc1. The fourth-order valence-corrected chi connectivity index (χ4v) is 2.87. The van der Waals surface area contributed by atoms with Gasteiger partial charge in [-0.15, -0.1) is 0 Å². The van der Waals surface area contributed by atoms with Crippen molar-refractivity contribution >= 4 is 33.2 Å². The molecule has 1 amide bonds. The average Bonchev–Trinajstić information content (AvgIpc) is 2.63. The maximum absolute atomic E-state index is 12.2. The molecule has 0 saturated carbocycles. The van der Waals surface area contributed by atoms with Crippen LogP contribution in [-0.2, 0) is 6.54 Å². The molecule has 0 saturated heterocycles. The topological polar surface area (TPSA) is 54.0 Å². The second kappa shape index (κ2) is 7.94. The Hall–Kier alpha value is -2.66. The van der Waals surface area contributed by atoms with Crippen molar-refractivity contribution < 1.29 is 4.79 Å². The molecule has 5 heteroatoms. The second-order valence-corrected chi connectivity index (χ2v) is 6.60. The van der Waals surface area contributed by atoms with Crippen LogP contribution < -0.4 is 10.6 Å². The first-order valence-corrected chi connectivity index (χ1v) is 8.72. The minimum absolute atomic E-state index is 0.185. The fraction of sp³-hybridized carbons (Fsp3) is 0.100. The Morgan fingerprint density at radius 3 is 2.56 bits per heavy atom. The van der Waals surface area contributed by atoms with Crippen LogP contribution in [0, 0.1) is 6.92 Å². The summed E-state index contributed by atoms with van der Waals surface area (Å²) in [6.45, 7) is 2.52. The van der Waals surface area contributed by atoms with Gasteiger partial charge in [0.05, 0.1) is 11.9 Å². The lowest BCUT2D eigenvalue weighted by Crippen LogP contribution is -2.23. The molecular formula is C20H18BrN3O. The molecule has 3 rings (SSSR count). The van der Waals surface area contributed by atoms with Gasteiger partial charge in [0.1, 0.15) is 5.69 Å². The summed E-state index contributed by atoms with van der Waals surface area (Å²) in [6, 6.07) is 19.4. The fourth-order valence-electron chi connectivity index (χ4n) is 2.39. The zero-order valence-corrected chi connectivity index (χ0v) is 15.4. The van der Waals surface area contributed by atoms with E-state index >= 15 is 0 Å². The van der Waals surface area contributed by atoms with Crippen LogP contribution in [0.5, 0.6) is 0 Å². The van der Waals surface area contributed by atoms with Crippen LogP contribution in [0.25, 0.3) is 0 Å². The summed E-state index contributed by atoms with van der Waals surface area (Å²) in [7, 11) is 0. The van der Waals surface area contributed by atoms with E-state index in [0.29, 0.717) is 12.2 Å². The number of benzene rings is 2.